The van der Waals surface area contributed by atoms with E-state index in [2.05, 4.69) is 5.32 Å². The molecule has 0 spiro atoms. The molecule has 0 saturated carbocycles. The Morgan fingerprint density at radius 3 is 2.65 bits per heavy atom. The maximum absolute atomic E-state index is 13.4. The molecule has 2 rings (SSSR count). The fourth-order valence-electron chi connectivity index (χ4n) is 2.04. The van der Waals surface area contributed by atoms with E-state index in [0.717, 1.165) is 6.07 Å². The van der Waals surface area contributed by atoms with E-state index >= 15 is 0 Å². The fourth-order valence-corrected chi connectivity index (χ4v) is 2.51. The molecule has 1 heterocycles. The zero-order valence-corrected chi connectivity index (χ0v) is 11.8. The Morgan fingerprint density at radius 1 is 1.35 bits per heavy atom. The number of urea groups is 1. The van der Waals surface area contributed by atoms with Crippen molar-refractivity contribution in [2.24, 2.45) is 5.73 Å². The third kappa shape index (κ3) is 3.13. The van der Waals surface area contributed by atoms with Gasteiger partial charge >= 0.3 is 6.03 Å². The minimum atomic E-state index is -0.716. The monoisotopic (exact) mass is 319 g/mol. The van der Waals surface area contributed by atoms with Crippen LogP contribution < -0.4 is 11.1 Å². The van der Waals surface area contributed by atoms with Crippen LogP contribution in [0.15, 0.2) is 12.1 Å². The number of nitrogens with one attached hydrogen (secondary N) is 1. The normalized spacial score (nSPS) is 18.1. The van der Waals surface area contributed by atoms with Crippen LogP contribution in [0.5, 0.6) is 0 Å². The average Bonchev–Trinajstić information content (AvgIpc) is 2.82. The molecule has 1 aromatic rings. The van der Waals surface area contributed by atoms with Gasteiger partial charge in [-0.2, -0.15) is 0 Å². The van der Waals surface area contributed by atoms with Gasteiger partial charge in [0.25, 0.3) is 5.91 Å². The van der Waals surface area contributed by atoms with Crippen LogP contribution in [0.2, 0.25) is 10.0 Å². The van der Waals surface area contributed by atoms with E-state index in [1.54, 1.807) is 0 Å². The average molecular weight is 320 g/mol. The van der Waals surface area contributed by atoms with Gasteiger partial charge in [0.05, 0.1) is 15.6 Å². The Labute approximate surface area is 124 Å². The van der Waals surface area contributed by atoms with Crippen LogP contribution in [0.25, 0.3) is 0 Å². The third-order valence-electron chi connectivity index (χ3n) is 3.09. The highest BCUT2D eigenvalue weighted by atomic mass is 35.5. The number of rotatable bonds is 2. The van der Waals surface area contributed by atoms with Crippen molar-refractivity contribution in [1.29, 1.82) is 0 Å². The number of likely N-dealkylation sites (tertiary alicyclic amines) is 1. The van der Waals surface area contributed by atoms with Crippen molar-refractivity contribution in [2.45, 2.75) is 12.5 Å². The zero-order chi connectivity index (χ0) is 14.9. The molecule has 1 saturated heterocycles. The number of carbonyl (C=O) groups is 2. The van der Waals surface area contributed by atoms with Gasteiger partial charge in [-0.3, -0.25) is 4.79 Å². The number of amides is 3. The Morgan fingerprint density at radius 2 is 2.05 bits per heavy atom. The number of halogens is 3. The highest BCUT2D eigenvalue weighted by Crippen LogP contribution is 2.24. The van der Waals surface area contributed by atoms with E-state index in [0.29, 0.717) is 19.5 Å². The molecule has 3 N–H and O–H groups in total. The van der Waals surface area contributed by atoms with Gasteiger partial charge in [-0.25, -0.2) is 9.18 Å². The summed E-state index contributed by atoms with van der Waals surface area (Å²) in [5.41, 5.74) is 5.16. The number of hydrogen-bond donors (Lipinski definition) is 2. The third-order valence-corrected chi connectivity index (χ3v) is 3.69. The molecule has 0 bridgehead atoms. The number of carbonyl (C=O) groups excluding carboxylic acids is 2. The summed E-state index contributed by atoms with van der Waals surface area (Å²) in [6.45, 7) is 0.803. The lowest BCUT2D eigenvalue weighted by Gasteiger charge is -2.15. The molecule has 0 aromatic heterocycles. The van der Waals surface area contributed by atoms with Gasteiger partial charge in [0, 0.05) is 19.1 Å². The van der Waals surface area contributed by atoms with Gasteiger partial charge in [-0.15, -0.1) is 0 Å². The lowest BCUT2D eigenvalue weighted by molar-refractivity contribution is 0.0937. The van der Waals surface area contributed by atoms with Crippen molar-refractivity contribution in [2.75, 3.05) is 13.1 Å². The second-order valence-electron chi connectivity index (χ2n) is 4.49. The van der Waals surface area contributed by atoms with E-state index in [1.165, 1.54) is 11.0 Å². The van der Waals surface area contributed by atoms with Crippen molar-refractivity contribution < 1.29 is 14.0 Å². The summed E-state index contributed by atoms with van der Waals surface area (Å²) in [6.07, 6.45) is 0.586. The van der Waals surface area contributed by atoms with Crippen molar-refractivity contribution in [3.8, 4) is 0 Å². The summed E-state index contributed by atoms with van der Waals surface area (Å²) in [5.74, 6) is -1.23. The van der Waals surface area contributed by atoms with Crippen molar-refractivity contribution in [1.82, 2.24) is 10.2 Å². The lowest BCUT2D eigenvalue weighted by atomic mass is 10.1. The summed E-state index contributed by atoms with van der Waals surface area (Å²) in [4.78, 5) is 24.4. The van der Waals surface area contributed by atoms with E-state index in [1.807, 2.05) is 0 Å². The number of hydrogen-bond acceptors (Lipinski definition) is 2. The standard InChI is InChI=1S/C12H12Cl2FN3O2/c13-8-4-9(14)10(15)3-7(8)11(19)17-6-1-2-18(5-6)12(16)20/h3-4,6H,1-2,5H2,(H2,16,20)(H,17,19). The summed E-state index contributed by atoms with van der Waals surface area (Å²) in [5, 5.41) is 2.61. The SMILES string of the molecule is NC(=O)N1CCC(NC(=O)c2cc(F)c(Cl)cc2Cl)C1. The minimum absolute atomic E-state index is 0.00564. The second kappa shape index (κ2) is 5.85. The molecule has 8 heteroatoms. The number of nitrogens with zero attached hydrogens (tertiary/aromatic N) is 1. The van der Waals surface area contributed by atoms with E-state index < -0.39 is 17.8 Å². The molecule has 20 heavy (non-hydrogen) atoms. The van der Waals surface area contributed by atoms with E-state index in [-0.39, 0.29) is 21.7 Å². The summed E-state index contributed by atoms with van der Waals surface area (Å²) in [6, 6.07) is 1.40. The number of nitrogens with two attached hydrogens (primary N) is 1. The highest BCUT2D eigenvalue weighted by molar-refractivity contribution is 6.36. The Kier molecular flexibility index (Phi) is 4.35. The first-order valence-electron chi connectivity index (χ1n) is 5.88. The predicted molar refractivity (Wildman–Crippen MR) is 73.4 cm³/mol. The maximum atomic E-state index is 13.4. The maximum Gasteiger partial charge on any atom is 0.314 e. The number of benzene rings is 1. The van der Waals surface area contributed by atoms with Crippen LogP contribution >= 0.6 is 23.2 Å². The Bertz CT molecular complexity index is 568. The molecule has 108 valence electrons. The first-order chi connectivity index (χ1) is 9.38. The molecule has 1 aromatic carbocycles. The summed E-state index contributed by atoms with van der Waals surface area (Å²) in [7, 11) is 0. The van der Waals surface area contributed by atoms with Crippen molar-refractivity contribution in [3.05, 3.63) is 33.6 Å². The number of primary amides is 1. The molecule has 1 aliphatic heterocycles. The first-order valence-corrected chi connectivity index (χ1v) is 6.64. The molecule has 1 aliphatic rings. The van der Waals surface area contributed by atoms with Crippen molar-refractivity contribution >= 4 is 35.1 Å². The fraction of sp³-hybridized carbons (Fsp3) is 0.333. The zero-order valence-electron chi connectivity index (χ0n) is 10.3. The molecule has 1 atom stereocenters. The van der Waals surface area contributed by atoms with Crippen LogP contribution in [-0.2, 0) is 0 Å². The largest absolute Gasteiger partial charge is 0.351 e. The van der Waals surface area contributed by atoms with Crippen LogP contribution in [0.4, 0.5) is 9.18 Å². The van der Waals surface area contributed by atoms with Gasteiger partial charge in [-0.1, -0.05) is 23.2 Å². The molecule has 1 unspecified atom stereocenters. The topological polar surface area (TPSA) is 75.4 Å². The smallest absolute Gasteiger partial charge is 0.314 e. The molecule has 1 fully saturated rings. The van der Waals surface area contributed by atoms with Crippen LogP contribution in [0, 0.1) is 5.82 Å². The Balaban J connectivity index is 2.06. The summed E-state index contributed by atoms with van der Waals surface area (Å²) >= 11 is 11.4. The van der Waals surface area contributed by atoms with E-state index in [9.17, 15) is 14.0 Å². The Hall–Kier alpha value is -1.53. The van der Waals surface area contributed by atoms with Crippen molar-refractivity contribution in [3.63, 3.8) is 0 Å². The molecule has 5 nitrogen and oxygen atoms in total. The molecule has 0 radical (unpaired) electrons. The summed E-state index contributed by atoms with van der Waals surface area (Å²) < 4.78 is 13.4. The van der Waals surface area contributed by atoms with Crippen LogP contribution in [0.3, 0.4) is 0 Å². The van der Waals surface area contributed by atoms with Crippen LogP contribution in [-0.4, -0.2) is 36.0 Å². The highest BCUT2D eigenvalue weighted by Gasteiger charge is 2.27. The van der Waals surface area contributed by atoms with Gasteiger partial charge in [0.1, 0.15) is 5.82 Å². The van der Waals surface area contributed by atoms with Crippen LogP contribution in [0.1, 0.15) is 16.8 Å². The lowest BCUT2D eigenvalue weighted by Crippen LogP contribution is -2.40. The van der Waals surface area contributed by atoms with Gasteiger partial charge in [0.2, 0.25) is 0 Å². The predicted octanol–water partition coefficient (Wildman–Crippen LogP) is 2.02. The minimum Gasteiger partial charge on any atom is -0.351 e. The molecule has 0 aliphatic carbocycles. The molecular weight excluding hydrogens is 308 g/mol. The van der Waals surface area contributed by atoms with Gasteiger partial charge in [-0.05, 0) is 18.6 Å². The first kappa shape index (κ1) is 14.9. The molecule has 3 amide bonds. The molecular formula is C12H12Cl2FN3O2. The van der Waals surface area contributed by atoms with Gasteiger partial charge < -0.3 is 16.0 Å². The quantitative estimate of drug-likeness (QED) is 0.818. The van der Waals surface area contributed by atoms with E-state index in [4.69, 9.17) is 28.9 Å². The second-order valence-corrected chi connectivity index (χ2v) is 5.30. The van der Waals surface area contributed by atoms with Gasteiger partial charge in [0.15, 0.2) is 0 Å².